The van der Waals surface area contributed by atoms with Crippen LogP contribution in [0.25, 0.3) is 16.7 Å². The summed E-state index contributed by atoms with van der Waals surface area (Å²) in [5.74, 6) is -1.63. The van der Waals surface area contributed by atoms with E-state index in [0.717, 1.165) is 16.5 Å². The number of aliphatic hydroxyl groups excluding tert-OH is 1. The van der Waals surface area contributed by atoms with E-state index in [0.29, 0.717) is 17.7 Å². The van der Waals surface area contributed by atoms with E-state index in [1.165, 1.54) is 29.2 Å². The minimum absolute atomic E-state index is 0.0225. The Morgan fingerprint density at radius 2 is 1.74 bits per heavy atom. The van der Waals surface area contributed by atoms with Gasteiger partial charge in [0.05, 0.1) is 18.7 Å². The van der Waals surface area contributed by atoms with Crippen molar-refractivity contribution in [2.24, 2.45) is 0 Å². The van der Waals surface area contributed by atoms with Crippen molar-refractivity contribution in [3.05, 3.63) is 107 Å². The van der Waals surface area contributed by atoms with E-state index in [4.69, 9.17) is 4.74 Å². The molecule has 176 valence electrons. The Bertz CT molecular complexity index is 1440. The number of halogens is 1. The summed E-state index contributed by atoms with van der Waals surface area (Å²) in [4.78, 5) is 31.1. The maximum absolute atomic E-state index is 13.4. The van der Waals surface area contributed by atoms with Gasteiger partial charge in [0.25, 0.3) is 11.7 Å². The summed E-state index contributed by atoms with van der Waals surface area (Å²) in [5.41, 5.74) is 2.92. The lowest BCUT2D eigenvalue weighted by atomic mass is 9.95. The number of aliphatic hydroxyl groups is 1. The Kier molecular flexibility index (Phi) is 5.82. The molecule has 1 atom stereocenters. The van der Waals surface area contributed by atoms with Gasteiger partial charge in [-0.05, 0) is 60.0 Å². The molecule has 1 unspecified atom stereocenters. The number of aromatic amines is 1. The van der Waals surface area contributed by atoms with Crippen LogP contribution in [0.4, 0.5) is 4.39 Å². The van der Waals surface area contributed by atoms with Crippen LogP contribution < -0.4 is 4.74 Å². The smallest absolute Gasteiger partial charge is 0.295 e. The number of carbonyl (C=O) groups is 2. The monoisotopic (exact) mass is 470 g/mol. The maximum atomic E-state index is 13.4. The molecule has 35 heavy (non-hydrogen) atoms. The number of nitrogens with one attached hydrogen (secondary N) is 1. The summed E-state index contributed by atoms with van der Waals surface area (Å²) >= 11 is 0. The zero-order valence-corrected chi connectivity index (χ0v) is 19.0. The zero-order chi connectivity index (χ0) is 24.5. The number of aromatic nitrogens is 1. The molecule has 1 aliphatic rings. The normalized spacial score (nSPS) is 17.3. The summed E-state index contributed by atoms with van der Waals surface area (Å²) in [6.07, 6.45) is 2.42. The van der Waals surface area contributed by atoms with E-state index >= 15 is 0 Å². The highest BCUT2D eigenvalue weighted by molar-refractivity contribution is 6.46. The number of carbonyl (C=O) groups excluding carboxylic acids is 2. The van der Waals surface area contributed by atoms with Gasteiger partial charge in [-0.2, -0.15) is 0 Å². The minimum atomic E-state index is -0.795. The number of hydrogen-bond acceptors (Lipinski definition) is 4. The SMILES string of the molecule is COc1ccc(C2C(=C(O)c3ccc(F)cc3)C(=O)C(=O)N2CCc2c[nH]c3ccccc23)cc1. The fourth-order valence-corrected chi connectivity index (χ4v) is 4.59. The van der Waals surface area contributed by atoms with Crippen molar-refractivity contribution in [2.45, 2.75) is 12.5 Å². The first kappa shape index (κ1) is 22.4. The minimum Gasteiger partial charge on any atom is -0.507 e. The molecule has 0 spiro atoms. The van der Waals surface area contributed by atoms with Gasteiger partial charge in [0.15, 0.2) is 0 Å². The molecule has 4 aromatic rings. The van der Waals surface area contributed by atoms with Crippen molar-refractivity contribution in [1.82, 2.24) is 9.88 Å². The van der Waals surface area contributed by atoms with E-state index in [1.54, 1.807) is 31.4 Å². The quantitative estimate of drug-likeness (QED) is 0.237. The first-order valence-corrected chi connectivity index (χ1v) is 11.2. The third kappa shape index (κ3) is 4.05. The average molecular weight is 471 g/mol. The highest BCUT2D eigenvalue weighted by Crippen LogP contribution is 2.40. The average Bonchev–Trinajstić information content (AvgIpc) is 3.41. The second kappa shape index (κ2) is 9.10. The number of H-pyrrole nitrogens is 1. The molecule has 0 aliphatic carbocycles. The molecule has 0 radical (unpaired) electrons. The van der Waals surface area contributed by atoms with Crippen LogP contribution in [0, 0.1) is 5.82 Å². The van der Waals surface area contributed by atoms with Crippen LogP contribution in [0.5, 0.6) is 5.75 Å². The molecule has 1 aliphatic heterocycles. The van der Waals surface area contributed by atoms with Crippen LogP contribution in [-0.2, 0) is 16.0 Å². The second-order valence-electron chi connectivity index (χ2n) is 8.38. The number of likely N-dealkylation sites (tertiary alicyclic amines) is 1. The van der Waals surface area contributed by atoms with Crippen LogP contribution in [0.3, 0.4) is 0 Å². The van der Waals surface area contributed by atoms with Gasteiger partial charge in [0, 0.05) is 29.2 Å². The summed E-state index contributed by atoms with van der Waals surface area (Å²) in [5, 5.41) is 12.1. The molecule has 2 heterocycles. The Balaban J connectivity index is 1.56. The molecule has 0 bridgehead atoms. The van der Waals surface area contributed by atoms with Gasteiger partial charge in [0.1, 0.15) is 17.3 Å². The van der Waals surface area contributed by atoms with Crippen LogP contribution in [0.2, 0.25) is 0 Å². The Morgan fingerprint density at radius 1 is 1.03 bits per heavy atom. The molecular formula is C28H23FN2O4. The zero-order valence-electron chi connectivity index (χ0n) is 19.0. The van der Waals surface area contributed by atoms with E-state index in [2.05, 4.69) is 4.98 Å². The number of ether oxygens (including phenoxy) is 1. The van der Waals surface area contributed by atoms with Crippen molar-refractivity contribution in [1.29, 1.82) is 0 Å². The van der Waals surface area contributed by atoms with Crippen molar-refractivity contribution < 1.29 is 23.8 Å². The number of amides is 1. The van der Waals surface area contributed by atoms with Crippen molar-refractivity contribution in [2.75, 3.05) is 13.7 Å². The standard InChI is InChI=1S/C28H23FN2O4/c1-35-21-12-8-17(9-13-21)25-24(26(32)18-6-10-20(29)11-7-18)27(33)28(34)31(25)15-14-19-16-30-23-5-3-2-4-22(19)23/h2-13,16,25,30,32H,14-15H2,1H3. The summed E-state index contributed by atoms with van der Waals surface area (Å²) in [6, 6.07) is 19.3. The van der Waals surface area contributed by atoms with E-state index < -0.39 is 23.5 Å². The van der Waals surface area contributed by atoms with Gasteiger partial charge >= 0.3 is 0 Å². The van der Waals surface area contributed by atoms with Gasteiger partial charge in [-0.3, -0.25) is 9.59 Å². The molecular weight excluding hydrogens is 447 g/mol. The lowest BCUT2D eigenvalue weighted by Crippen LogP contribution is -2.31. The van der Waals surface area contributed by atoms with Gasteiger partial charge in [0.2, 0.25) is 0 Å². The molecule has 5 rings (SSSR count). The molecule has 1 aromatic heterocycles. The Morgan fingerprint density at radius 3 is 2.46 bits per heavy atom. The molecule has 3 aromatic carbocycles. The molecule has 6 nitrogen and oxygen atoms in total. The van der Waals surface area contributed by atoms with Crippen LogP contribution in [0.1, 0.15) is 22.7 Å². The molecule has 1 amide bonds. The van der Waals surface area contributed by atoms with Crippen molar-refractivity contribution in [3.8, 4) is 5.75 Å². The number of fused-ring (bicyclic) bond motifs is 1. The Hall–Kier alpha value is -4.39. The van der Waals surface area contributed by atoms with E-state index in [9.17, 15) is 19.1 Å². The van der Waals surface area contributed by atoms with E-state index in [-0.39, 0.29) is 23.4 Å². The lowest BCUT2D eigenvalue weighted by Gasteiger charge is -2.25. The molecule has 1 saturated heterocycles. The van der Waals surface area contributed by atoms with Gasteiger partial charge in [-0.1, -0.05) is 30.3 Å². The van der Waals surface area contributed by atoms with Gasteiger partial charge < -0.3 is 19.7 Å². The van der Waals surface area contributed by atoms with Gasteiger partial charge in [-0.15, -0.1) is 0 Å². The number of para-hydroxylation sites is 1. The number of hydrogen-bond donors (Lipinski definition) is 2. The lowest BCUT2D eigenvalue weighted by molar-refractivity contribution is -0.139. The predicted molar refractivity (Wildman–Crippen MR) is 130 cm³/mol. The van der Waals surface area contributed by atoms with Crippen LogP contribution in [-0.4, -0.2) is 40.3 Å². The largest absolute Gasteiger partial charge is 0.507 e. The fourth-order valence-electron chi connectivity index (χ4n) is 4.59. The molecule has 1 fully saturated rings. The topological polar surface area (TPSA) is 82.6 Å². The molecule has 7 heteroatoms. The molecule has 0 saturated carbocycles. The predicted octanol–water partition coefficient (Wildman–Crippen LogP) is 4.98. The van der Waals surface area contributed by atoms with E-state index in [1.807, 2.05) is 30.5 Å². The first-order chi connectivity index (χ1) is 17.0. The maximum Gasteiger partial charge on any atom is 0.295 e. The third-order valence-electron chi connectivity index (χ3n) is 6.39. The fraction of sp³-hybridized carbons (Fsp3) is 0.143. The first-order valence-electron chi connectivity index (χ1n) is 11.2. The molecule has 2 N–H and O–H groups in total. The summed E-state index contributed by atoms with van der Waals surface area (Å²) in [7, 11) is 1.55. The summed E-state index contributed by atoms with van der Waals surface area (Å²) < 4.78 is 18.7. The number of Topliss-reactive ketones (excluding diaryl/α,β-unsaturated/α-hetero) is 1. The van der Waals surface area contributed by atoms with Gasteiger partial charge in [-0.25, -0.2) is 4.39 Å². The van der Waals surface area contributed by atoms with Crippen LogP contribution in [0.15, 0.2) is 84.6 Å². The number of rotatable bonds is 6. The number of benzene rings is 3. The number of nitrogens with zero attached hydrogens (tertiary/aromatic N) is 1. The van der Waals surface area contributed by atoms with Crippen LogP contribution >= 0.6 is 0 Å². The third-order valence-corrected chi connectivity index (χ3v) is 6.39. The summed E-state index contributed by atoms with van der Waals surface area (Å²) in [6.45, 7) is 0.267. The second-order valence-corrected chi connectivity index (χ2v) is 8.38. The highest BCUT2D eigenvalue weighted by Gasteiger charge is 2.45. The van der Waals surface area contributed by atoms with Crippen molar-refractivity contribution >= 4 is 28.4 Å². The Labute approximate surface area is 201 Å². The highest BCUT2D eigenvalue weighted by atomic mass is 19.1. The number of methoxy groups -OCH3 is 1. The van der Waals surface area contributed by atoms with Crippen molar-refractivity contribution in [3.63, 3.8) is 0 Å². The number of ketones is 1.